The highest BCUT2D eigenvalue weighted by atomic mass is 16.6. The number of hydrogen-bond acceptors (Lipinski definition) is 6. The van der Waals surface area contributed by atoms with Crippen molar-refractivity contribution >= 4 is 17.9 Å². The first-order valence-electron chi connectivity index (χ1n) is 30.9. The minimum atomic E-state index is -0.803. The molecule has 0 saturated carbocycles. The fraction of sp³-hybridized carbons (Fsp3) is 0.691. The minimum absolute atomic E-state index is 0.0964. The average Bonchev–Trinajstić information content (AvgIpc) is 3.40. The molecule has 1 unspecified atom stereocenters. The molecule has 0 spiro atoms. The Bertz CT molecular complexity index is 1510. The summed E-state index contributed by atoms with van der Waals surface area (Å²) in [5, 5.41) is 0. The van der Waals surface area contributed by atoms with Crippen molar-refractivity contribution in [3.63, 3.8) is 0 Å². The molecule has 74 heavy (non-hydrogen) atoms. The van der Waals surface area contributed by atoms with Crippen LogP contribution in [0.5, 0.6) is 0 Å². The number of unbranched alkanes of at least 4 members (excludes halogenated alkanes) is 26. The zero-order valence-electron chi connectivity index (χ0n) is 48.3. The number of esters is 3. The Morgan fingerprint density at radius 1 is 0.284 bits per heavy atom. The van der Waals surface area contributed by atoms with E-state index in [0.29, 0.717) is 19.3 Å². The SMILES string of the molecule is CC/C=C\C/C=C\C/C=C\C/C=C\C/C=C\C/C=C\CCCCC(=O)OC(COC(=O)CCCCCCCCCCCC)COC(=O)CCCCCCCCCCCC/C=C\C/C=C\C/C=C\CCCCCCC. The van der Waals surface area contributed by atoms with Crippen molar-refractivity contribution < 1.29 is 28.6 Å². The van der Waals surface area contributed by atoms with Gasteiger partial charge in [0, 0.05) is 19.3 Å². The van der Waals surface area contributed by atoms with Crippen molar-refractivity contribution in [3.8, 4) is 0 Å². The smallest absolute Gasteiger partial charge is 0.306 e. The van der Waals surface area contributed by atoms with Crippen LogP contribution in [0, 0.1) is 0 Å². The molecule has 0 aromatic carbocycles. The van der Waals surface area contributed by atoms with E-state index in [0.717, 1.165) is 103 Å². The first-order valence-corrected chi connectivity index (χ1v) is 30.9. The van der Waals surface area contributed by atoms with Crippen LogP contribution >= 0.6 is 0 Å². The summed E-state index contributed by atoms with van der Waals surface area (Å²) in [4.78, 5) is 38.2. The highest BCUT2D eigenvalue weighted by molar-refractivity contribution is 5.71. The highest BCUT2D eigenvalue weighted by Crippen LogP contribution is 2.15. The Labute approximate surface area is 457 Å². The molecule has 0 fully saturated rings. The largest absolute Gasteiger partial charge is 0.462 e. The number of hydrogen-bond donors (Lipinski definition) is 0. The van der Waals surface area contributed by atoms with Crippen LogP contribution in [0.4, 0.5) is 0 Å². The molecule has 0 radical (unpaired) electrons. The lowest BCUT2D eigenvalue weighted by Gasteiger charge is -2.18. The summed E-state index contributed by atoms with van der Waals surface area (Å²) in [6.07, 6.45) is 83.8. The van der Waals surface area contributed by atoms with Gasteiger partial charge >= 0.3 is 17.9 Å². The van der Waals surface area contributed by atoms with Crippen LogP contribution in [0.15, 0.2) is 109 Å². The van der Waals surface area contributed by atoms with Crippen LogP contribution in [-0.2, 0) is 28.6 Å². The zero-order valence-corrected chi connectivity index (χ0v) is 48.3. The lowest BCUT2D eigenvalue weighted by atomic mass is 10.1. The van der Waals surface area contributed by atoms with E-state index in [2.05, 4.69) is 130 Å². The van der Waals surface area contributed by atoms with Crippen LogP contribution in [0.3, 0.4) is 0 Å². The monoisotopic (exact) mass is 1030 g/mol. The maximum absolute atomic E-state index is 12.9. The number of carbonyl (C=O) groups is 3. The number of ether oxygens (including phenoxy) is 3. The molecule has 0 N–H and O–H groups in total. The minimum Gasteiger partial charge on any atom is -0.462 e. The van der Waals surface area contributed by atoms with E-state index in [9.17, 15) is 14.4 Å². The Morgan fingerprint density at radius 3 is 0.851 bits per heavy atom. The van der Waals surface area contributed by atoms with Gasteiger partial charge in [-0.1, -0.05) is 265 Å². The van der Waals surface area contributed by atoms with Crippen molar-refractivity contribution in [2.24, 2.45) is 0 Å². The Morgan fingerprint density at radius 2 is 0.527 bits per heavy atom. The van der Waals surface area contributed by atoms with Crippen molar-refractivity contribution in [1.29, 1.82) is 0 Å². The summed E-state index contributed by atoms with van der Waals surface area (Å²) in [5.74, 6) is -0.942. The molecule has 422 valence electrons. The van der Waals surface area contributed by atoms with Gasteiger partial charge < -0.3 is 14.2 Å². The molecule has 0 amide bonds. The van der Waals surface area contributed by atoms with Gasteiger partial charge in [-0.25, -0.2) is 0 Å². The molecule has 0 rings (SSSR count). The average molecular weight is 1030 g/mol. The van der Waals surface area contributed by atoms with Crippen molar-refractivity contribution in [2.75, 3.05) is 13.2 Å². The fourth-order valence-corrected chi connectivity index (χ4v) is 8.39. The second-order valence-electron chi connectivity index (χ2n) is 20.2. The second kappa shape index (κ2) is 61.6. The lowest BCUT2D eigenvalue weighted by molar-refractivity contribution is -0.167. The maximum atomic E-state index is 12.9. The third-order valence-corrected chi connectivity index (χ3v) is 13.0. The second-order valence-corrected chi connectivity index (χ2v) is 20.2. The van der Waals surface area contributed by atoms with Gasteiger partial charge in [0.25, 0.3) is 0 Å². The predicted molar refractivity (Wildman–Crippen MR) is 320 cm³/mol. The number of rotatable bonds is 55. The predicted octanol–water partition coefficient (Wildman–Crippen LogP) is 21.0. The van der Waals surface area contributed by atoms with E-state index < -0.39 is 6.10 Å². The van der Waals surface area contributed by atoms with E-state index in [4.69, 9.17) is 14.2 Å². The summed E-state index contributed by atoms with van der Waals surface area (Å²) in [6.45, 7) is 6.47. The fourth-order valence-electron chi connectivity index (χ4n) is 8.39. The first-order chi connectivity index (χ1) is 36.5. The number of allylic oxidation sites excluding steroid dienone is 18. The van der Waals surface area contributed by atoms with Gasteiger partial charge in [0.1, 0.15) is 13.2 Å². The molecule has 0 saturated heterocycles. The van der Waals surface area contributed by atoms with Gasteiger partial charge in [0.2, 0.25) is 0 Å². The Kier molecular flexibility index (Phi) is 58.3. The molecule has 6 heteroatoms. The van der Waals surface area contributed by atoms with Gasteiger partial charge in [-0.3, -0.25) is 14.4 Å². The molecule has 6 nitrogen and oxygen atoms in total. The molecule has 0 aliphatic carbocycles. The van der Waals surface area contributed by atoms with Crippen LogP contribution in [-0.4, -0.2) is 37.2 Å². The van der Waals surface area contributed by atoms with Crippen molar-refractivity contribution in [1.82, 2.24) is 0 Å². The summed E-state index contributed by atoms with van der Waals surface area (Å²) in [7, 11) is 0. The van der Waals surface area contributed by atoms with Crippen molar-refractivity contribution in [2.45, 2.75) is 290 Å². The molecular formula is C68H114O6. The van der Waals surface area contributed by atoms with E-state index in [-0.39, 0.29) is 37.5 Å². The molecule has 0 aliphatic heterocycles. The van der Waals surface area contributed by atoms with Gasteiger partial charge in [-0.2, -0.15) is 0 Å². The topological polar surface area (TPSA) is 78.9 Å². The third kappa shape index (κ3) is 59.0. The zero-order chi connectivity index (χ0) is 53.6. The maximum Gasteiger partial charge on any atom is 0.306 e. The molecular weight excluding hydrogens is 913 g/mol. The Balaban J connectivity index is 4.35. The molecule has 0 aromatic heterocycles. The van der Waals surface area contributed by atoms with E-state index in [1.165, 1.54) is 135 Å². The van der Waals surface area contributed by atoms with E-state index >= 15 is 0 Å². The summed E-state index contributed by atoms with van der Waals surface area (Å²) in [6, 6.07) is 0. The van der Waals surface area contributed by atoms with Gasteiger partial charge in [0.15, 0.2) is 6.10 Å². The molecule has 1 atom stereocenters. The molecule has 0 heterocycles. The van der Waals surface area contributed by atoms with E-state index in [1.807, 2.05) is 0 Å². The van der Waals surface area contributed by atoms with Gasteiger partial charge in [-0.05, 0) is 109 Å². The summed E-state index contributed by atoms with van der Waals surface area (Å²) >= 11 is 0. The number of carbonyl (C=O) groups excluding carboxylic acids is 3. The first kappa shape index (κ1) is 70.1. The Hall–Kier alpha value is -3.93. The van der Waals surface area contributed by atoms with Crippen molar-refractivity contribution in [3.05, 3.63) is 109 Å². The highest BCUT2D eigenvalue weighted by Gasteiger charge is 2.19. The standard InChI is InChI=1S/C68H114O6/c1-4-7-10-13-16-19-22-24-26-28-30-32-33-34-35-37-38-40-42-44-46-49-52-55-58-61-67(70)73-64-65(63-72-66(69)60-57-54-51-48-21-18-15-12-9-6-3)74-68(71)62-59-56-53-50-47-45-43-41-39-36-31-29-27-25-23-20-17-14-11-8-5-2/h8,11,17,20,22,24-25,27-28,30-31,33-34,36,41,43,47,50,65H,4-7,9-10,12-16,18-19,21,23,26,29,32,35,37-40,42,44-46,48-49,51-64H2,1-3H3/b11-8-,20-17-,24-22-,27-25-,30-28-,34-33-,36-31-,43-41-,50-47-. The third-order valence-electron chi connectivity index (χ3n) is 13.0. The normalized spacial score (nSPS) is 12.9. The van der Waals surface area contributed by atoms with Crippen LogP contribution in [0.1, 0.15) is 284 Å². The summed E-state index contributed by atoms with van der Waals surface area (Å²) < 4.78 is 16.8. The quantitative estimate of drug-likeness (QED) is 0.0261. The molecule has 0 aromatic rings. The summed E-state index contributed by atoms with van der Waals surface area (Å²) in [5.41, 5.74) is 0. The molecule has 0 bridgehead atoms. The van der Waals surface area contributed by atoms with Crippen LogP contribution in [0.25, 0.3) is 0 Å². The lowest BCUT2D eigenvalue weighted by Crippen LogP contribution is -2.30. The van der Waals surface area contributed by atoms with Gasteiger partial charge in [0.05, 0.1) is 0 Å². The van der Waals surface area contributed by atoms with E-state index in [1.54, 1.807) is 0 Å². The van der Waals surface area contributed by atoms with Crippen LogP contribution in [0.2, 0.25) is 0 Å². The molecule has 0 aliphatic rings. The van der Waals surface area contributed by atoms with Gasteiger partial charge in [-0.15, -0.1) is 0 Å². The van der Waals surface area contributed by atoms with Crippen LogP contribution < -0.4 is 0 Å².